The third kappa shape index (κ3) is 2.34. The highest BCUT2D eigenvalue weighted by Crippen LogP contribution is 2.13. The van der Waals surface area contributed by atoms with Crippen molar-refractivity contribution in [3.05, 3.63) is 29.2 Å². The summed E-state index contributed by atoms with van der Waals surface area (Å²) in [5, 5.41) is 4.20. The van der Waals surface area contributed by atoms with E-state index in [9.17, 15) is 4.79 Å². The van der Waals surface area contributed by atoms with Crippen molar-refractivity contribution in [3.63, 3.8) is 0 Å². The summed E-state index contributed by atoms with van der Waals surface area (Å²) in [6, 6.07) is 1.89. The van der Waals surface area contributed by atoms with E-state index < -0.39 is 0 Å². The molecule has 5 nitrogen and oxygen atoms in total. The molecule has 0 aromatic carbocycles. The lowest BCUT2D eigenvalue weighted by Gasteiger charge is -2.04. The van der Waals surface area contributed by atoms with Crippen LogP contribution in [0.1, 0.15) is 41.5 Å². The SMILES string of the molecule is CCCCOC(=O)c1c(C)nc2cc(C)cnn12. The summed E-state index contributed by atoms with van der Waals surface area (Å²) in [4.78, 5) is 16.3. The third-order valence-electron chi connectivity index (χ3n) is 2.71. The van der Waals surface area contributed by atoms with Gasteiger partial charge in [-0.05, 0) is 31.9 Å². The van der Waals surface area contributed by atoms with Crippen molar-refractivity contribution in [3.8, 4) is 0 Å². The molecule has 0 aliphatic rings. The third-order valence-corrected chi connectivity index (χ3v) is 2.71. The molecule has 0 atom stereocenters. The smallest absolute Gasteiger partial charge is 0.358 e. The van der Waals surface area contributed by atoms with Crippen LogP contribution >= 0.6 is 0 Å². The minimum atomic E-state index is -0.357. The molecule has 0 aliphatic heterocycles. The van der Waals surface area contributed by atoms with Gasteiger partial charge in [-0.3, -0.25) is 0 Å². The number of unbranched alkanes of at least 4 members (excludes halogenated alkanes) is 1. The molecule has 2 heterocycles. The Labute approximate surface area is 106 Å². The summed E-state index contributed by atoms with van der Waals surface area (Å²) in [6.45, 7) is 6.22. The quantitative estimate of drug-likeness (QED) is 0.614. The van der Waals surface area contributed by atoms with Crippen molar-refractivity contribution in [1.82, 2.24) is 14.6 Å². The molecule has 96 valence electrons. The number of imidazole rings is 1. The number of carbonyl (C=O) groups excluding carboxylic acids is 1. The molecule has 2 aromatic rings. The highest BCUT2D eigenvalue weighted by atomic mass is 16.5. The van der Waals surface area contributed by atoms with Gasteiger partial charge in [-0.1, -0.05) is 13.3 Å². The van der Waals surface area contributed by atoms with Gasteiger partial charge in [0.15, 0.2) is 11.3 Å². The van der Waals surface area contributed by atoms with E-state index in [1.54, 1.807) is 13.1 Å². The van der Waals surface area contributed by atoms with Gasteiger partial charge < -0.3 is 4.74 Å². The molecular formula is C13H17N3O2. The molecule has 0 aliphatic carbocycles. The minimum Gasteiger partial charge on any atom is -0.461 e. The van der Waals surface area contributed by atoms with Gasteiger partial charge >= 0.3 is 5.97 Å². The van der Waals surface area contributed by atoms with Gasteiger partial charge in [-0.2, -0.15) is 5.10 Å². The number of fused-ring (bicyclic) bond motifs is 1. The number of carbonyl (C=O) groups is 1. The molecule has 0 bridgehead atoms. The monoisotopic (exact) mass is 247 g/mol. The van der Waals surface area contributed by atoms with Gasteiger partial charge in [-0.15, -0.1) is 0 Å². The summed E-state index contributed by atoms with van der Waals surface area (Å²) in [7, 11) is 0. The molecule has 0 saturated carbocycles. The molecule has 0 spiro atoms. The summed E-state index contributed by atoms with van der Waals surface area (Å²) in [5.41, 5.74) is 2.75. The number of ether oxygens (including phenoxy) is 1. The molecule has 2 aromatic heterocycles. The fourth-order valence-electron chi connectivity index (χ4n) is 1.75. The van der Waals surface area contributed by atoms with E-state index in [1.165, 1.54) is 4.52 Å². The maximum Gasteiger partial charge on any atom is 0.358 e. The van der Waals surface area contributed by atoms with E-state index in [4.69, 9.17) is 4.74 Å². The lowest BCUT2D eigenvalue weighted by atomic mass is 10.3. The van der Waals surface area contributed by atoms with Crippen LogP contribution in [0.4, 0.5) is 0 Å². The van der Waals surface area contributed by atoms with Crippen LogP contribution in [0.2, 0.25) is 0 Å². The Kier molecular flexibility index (Phi) is 3.60. The second-order valence-corrected chi connectivity index (χ2v) is 4.34. The largest absolute Gasteiger partial charge is 0.461 e. The summed E-state index contributed by atoms with van der Waals surface area (Å²) in [6.07, 6.45) is 3.57. The standard InChI is InChI=1S/C13H17N3O2/c1-4-5-6-18-13(17)12-10(3)15-11-7-9(2)8-14-16(11)12/h7-8H,4-6H2,1-3H3. The van der Waals surface area contributed by atoms with E-state index in [1.807, 2.05) is 13.0 Å². The first-order chi connectivity index (χ1) is 8.63. The van der Waals surface area contributed by atoms with Gasteiger partial charge in [0.2, 0.25) is 0 Å². The van der Waals surface area contributed by atoms with Crippen LogP contribution in [0.5, 0.6) is 0 Å². The van der Waals surface area contributed by atoms with Crippen molar-refractivity contribution >= 4 is 11.6 Å². The van der Waals surface area contributed by atoms with Gasteiger partial charge in [0.05, 0.1) is 18.5 Å². The van der Waals surface area contributed by atoms with Crippen molar-refractivity contribution < 1.29 is 9.53 Å². The van der Waals surface area contributed by atoms with E-state index in [0.717, 1.165) is 18.4 Å². The first kappa shape index (κ1) is 12.5. The van der Waals surface area contributed by atoms with Crippen LogP contribution in [-0.2, 0) is 4.74 Å². The Bertz CT molecular complexity index is 575. The number of nitrogens with zero attached hydrogens (tertiary/aromatic N) is 3. The maximum atomic E-state index is 12.0. The number of aromatic nitrogens is 3. The normalized spacial score (nSPS) is 10.8. The zero-order chi connectivity index (χ0) is 13.1. The molecule has 5 heteroatoms. The molecule has 0 fully saturated rings. The zero-order valence-electron chi connectivity index (χ0n) is 10.9. The lowest BCUT2D eigenvalue weighted by molar-refractivity contribution is 0.0489. The second kappa shape index (κ2) is 5.16. The zero-order valence-corrected chi connectivity index (χ0v) is 10.9. The Balaban J connectivity index is 2.32. The predicted octanol–water partition coefficient (Wildman–Crippen LogP) is 2.30. The minimum absolute atomic E-state index is 0.357. The van der Waals surface area contributed by atoms with Crippen LogP contribution in [0.3, 0.4) is 0 Å². The van der Waals surface area contributed by atoms with Gasteiger partial charge in [-0.25, -0.2) is 14.3 Å². The highest BCUT2D eigenvalue weighted by molar-refractivity contribution is 5.89. The maximum absolute atomic E-state index is 12.0. The van der Waals surface area contributed by atoms with Crippen molar-refractivity contribution in [2.24, 2.45) is 0 Å². The molecule has 18 heavy (non-hydrogen) atoms. The van der Waals surface area contributed by atoms with Gasteiger partial charge in [0, 0.05) is 0 Å². The summed E-state index contributed by atoms with van der Waals surface area (Å²) < 4.78 is 6.74. The van der Waals surface area contributed by atoms with E-state index in [0.29, 0.717) is 23.6 Å². The number of rotatable bonds is 4. The fraction of sp³-hybridized carbons (Fsp3) is 0.462. The van der Waals surface area contributed by atoms with E-state index in [-0.39, 0.29) is 5.97 Å². The summed E-state index contributed by atoms with van der Waals surface area (Å²) >= 11 is 0. The molecule has 0 unspecified atom stereocenters. The van der Waals surface area contributed by atoms with Crippen LogP contribution in [-0.4, -0.2) is 27.2 Å². The molecule has 0 amide bonds. The van der Waals surface area contributed by atoms with Gasteiger partial charge in [0.25, 0.3) is 0 Å². The fourth-order valence-corrected chi connectivity index (χ4v) is 1.75. The van der Waals surface area contributed by atoms with Crippen LogP contribution in [0.25, 0.3) is 5.65 Å². The van der Waals surface area contributed by atoms with Crippen molar-refractivity contribution in [1.29, 1.82) is 0 Å². The van der Waals surface area contributed by atoms with E-state index in [2.05, 4.69) is 17.0 Å². The van der Waals surface area contributed by atoms with Gasteiger partial charge in [0.1, 0.15) is 0 Å². The topological polar surface area (TPSA) is 56.5 Å². The lowest BCUT2D eigenvalue weighted by Crippen LogP contribution is -2.12. The number of aryl methyl sites for hydroxylation is 2. The summed E-state index contributed by atoms with van der Waals surface area (Å²) in [5.74, 6) is -0.357. The molecule has 0 radical (unpaired) electrons. The number of hydrogen-bond donors (Lipinski definition) is 0. The molecule has 0 N–H and O–H groups in total. The average Bonchev–Trinajstić information content (AvgIpc) is 2.64. The average molecular weight is 247 g/mol. The predicted molar refractivity (Wildman–Crippen MR) is 67.7 cm³/mol. The molecule has 0 saturated heterocycles. The Morgan fingerprint density at radius 3 is 2.94 bits per heavy atom. The molecule has 2 rings (SSSR count). The number of esters is 1. The van der Waals surface area contributed by atoms with Crippen LogP contribution in [0.15, 0.2) is 12.3 Å². The Morgan fingerprint density at radius 2 is 2.22 bits per heavy atom. The van der Waals surface area contributed by atoms with Crippen LogP contribution in [0, 0.1) is 13.8 Å². The first-order valence-corrected chi connectivity index (χ1v) is 6.12. The Hall–Kier alpha value is -1.91. The van der Waals surface area contributed by atoms with E-state index >= 15 is 0 Å². The van der Waals surface area contributed by atoms with Crippen molar-refractivity contribution in [2.75, 3.05) is 6.61 Å². The second-order valence-electron chi connectivity index (χ2n) is 4.34. The highest BCUT2D eigenvalue weighted by Gasteiger charge is 2.18. The first-order valence-electron chi connectivity index (χ1n) is 6.12. The van der Waals surface area contributed by atoms with Crippen LogP contribution < -0.4 is 0 Å². The van der Waals surface area contributed by atoms with Crippen molar-refractivity contribution in [2.45, 2.75) is 33.6 Å². The Morgan fingerprint density at radius 1 is 1.44 bits per heavy atom. The molecular weight excluding hydrogens is 230 g/mol. The number of hydrogen-bond acceptors (Lipinski definition) is 4.